The zero-order valence-corrected chi connectivity index (χ0v) is 5.98. The largest absolute Gasteiger partial charge is 0.634 e. The van der Waals surface area contributed by atoms with E-state index in [1.807, 2.05) is 0 Å². The van der Waals surface area contributed by atoms with Gasteiger partial charge in [0.15, 0.2) is 0 Å². The Kier molecular flexibility index (Phi) is 0.837. The number of piperidine rings is 1. The average molecular weight is 127 g/mol. The zero-order valence-electron chi connectivity index (χ0n) is 5.98. The van der Waals surface area contributed by atoms with Gasteiger partial charge in [-0.2, -0.15) is 0 Å². The minimum absolute atomic E-state index is 0.490. The Labute approximate surface area is 55.4 Å². The Hall–Kier alpha value is -0.0800. The van der Waals surface area contributed by atoms with Crippen LogP contribution in [0.25, 0.3) is 0 Å². The third-order valence-corrected chi connectivity index (χ3v) is 3.18. The second-order valence-corrected chi connectivity index (χ2v) is 3.98. The highest BCUT2D eigenvalue weighted by atomic mass is 16.5. The van der Waals surface area contributed by atoms with Crippen LogP contribution in [0.2, 0.25) is 0 Å². The van der Waals surface area contributed by atoms with E-state index in [-0.39, 0.29) is 0 Å². The predicted molar refractivity (Wildman–Crippen MR) is 34.8 cm³/mol. The van der Waals surface area contributed by atoms with Crippen molar-refractivity contribution in [3.8, 4) is 0 Å². The summed E-state index contributed by atoms with van der Waals surface area (Å²) in [6, 6.07) is 0. The molecule has 1 saturated carbocycles. The van der Waals surface area contributed by atoms with Crippen LogP contribution < -0.4 is 5.06 Å². The molecule has 2 nitrogen and oxygen atoms in total. The molecule has 2 rings (SSSR count). The lowest BCUT2D eigenvalue weighted by Crippen LogP contribution is -3.06. The molecule has 1 aliphatic heterocycles. The number of hydrogen-bond acceptors (Lipinski definition) is 1. The SMILES string of the molecule is CC1(C)C2C[NH+]([O-])CC21. The standard InChI is InChI=1S/C7H13NO/c1-7(2)5-3-8(9)4-6(5)7/h5-6,8H,3-4H2,1-2H3. The normalized spacial score (nSPS) is 53.0. The highest BCUT2D eigenvalue weighted by molar-refractivity contribution is 5.06. The molecular weight excluding hydrogens is 114 g/mol. The molecule has 1 heterocycles. The maximum absolute atomic E-state index is 10.8. The Morgan fingerprint density at radius 2 is 1.78 bits per heavy atom. The summed E-state index contributed by atoms with van der Waals surface area (Å²) in [5, 5.41) is 11.3. The minimum Gasteiger partial charge on any atom is -0.634 e. The number of nitrogens with one attached hydrogen (secondary N) is 1. The van der Waals surface area contributed by atoms with Crippen LogP contribution in [-0.2, 0) is 0 Å². The van der Waals surface area contributed by atoms with Gasteiger partial charge in [0.05, 0.1) is 13.1 Å². The van der Waals surface area contributed by atoms with Crippen LogP contribution >= 0.6 is 0 Å². The van der Waals surface area contributed by atoms with E-state index in [2.05, 4.69) is 13.8 Å². The molecule has 1 saturated heterocycles. The Morgan fingerprint density at radius 3 is 2.11 bits per heavy atom. The zero-order chi connectivity index (χ0) is 6.65. The summed E-state index contributed by atoms with van der Waals surface area (Å²) in [6.45, 7) is 6.29. The maximum Gasteiger partial charge on any atom is 0.0807 e. The fraction of sp³-hybridized carbons (Fsp3) is 1.00. The second kappa shape index (κ2) is 1.32. The van der Waals surface area contributed by atoms with Crippen molar-refractivity contribution in [3.63, 3.8) is 0 Å². The number of rotatable bonds is 0. The molecule has 0 aromatic rings. The molecule has 0 radical (unpaired) electrons. The molecule has 0 bridgehead atoms. The molecule has 2 fully saturated rings. The van der Waals surface area contributed by atoms with Crippen LogP contribution in [0.4, 0.5) is 0 Å². The van der Waals surface area contributed by atoms with Gasteiger partial charge in [-0.3, -0.25) is 0 Å². The van der Waals surface area contributed by atoms with E-state index in [1.165, 1.54) is 0 Å². The summed E-state index contributed by atoms with van der Waals surface area (Å²) in [5.74, 6) is 1.51. The van der Waals surface area contributed by atoms with Crippen LogP contribution in [0.3, 0.4) is 0 Å². The van der Waals surface area contributed by atoms with Crippen molar-refractivity contribution in [1.82, 2.24) is 0 Å². The van der Waals surface area contributed by atoms with E-state index < -0.39 is 0 Å². The van der Waals surface area contributed by atoms with Crippen LogP contribution in [0.15, 0.2) is 0 Å². The average Bonchev–Trinajstić information content (AvgIpc) is 2.27. The van der Waals surface area contributed by atoms with Gasteiger partial charge in [0, 0.05) is 11.8 Å². The number of quaternary nitrogens is 1. The van der Waals surface area contributed by atoms with E-state index in [0.29, 0.717) is 10.5 Å². The first kappa shape index (κ1) is 5.69. The van der Waals surface area contributed by atoms with Gasteiger partial charge in [0.2, 0.25) is 0 Å². The molecule has 9 heavy (non-hydrogen) atoms. The van der Waals surface area contributed by atoms with Crippen molar-refractivity contribution in [3.05, 3.63) is 5.21 Å². The minimum atomic E-state index is 0.490. The molecule has 0 spiro atoms. The number of hydroxylamine groups is 2. The highest BCUT2D eigenvalue weighted by Crippen LogP contribution is 2.58. The molecule has 1 N–H and O–H groups in total. The monoisotopic (exact) mass is 127 g/mol. The van der Waals surface area contributed by atoms with Gasteiger partial charge < -0.3 is 10.3 Å². The first-order chi connectivity index (χ1) is 4.12. The third kappa shape index (κ3) is 0.578. The van der Waals surface area contributed by atoms with Gasteiger partial charge >= 0.3 is 0 Å². The summed E-state index contributed by atoms with van der Waals surface area (Å²) in [7, 11) is 0. The van der Waals surface area contributed by atoms with Gasteiger partial charge in [0.25, 0.3) is 0 Å². The van der Waals surface area contributed by atoms with E-state index in [9.17, 15) is 5.21 Å². The summed E-state index contributed by atoms with van der Waals surface area (Å²) in [5.41, 5.74) is 0.522. The quantitative estimate of drug-likeness (QED) is 0.443. The van der Waals surface area contributed by atoms with Crippen LogP contribution in [0, 0.1) is 22.5 Å². The van der Waals surface area contributed by atoms with E-state index in [4.69, 9.17) is 0 Å². The molecule has 0 amide bonds. The van der Waals surface area contributed by atoms with Crippen molar-refractivity contribution in [2.45, 2.75) is 13.8 Å². The van der Waals surface area contributed by atoms with Gasteiger partial charge in [0.1, 0.15) is 0 Å². The summed E-state index contributed by atoms with van der Waals surface area (Å²) in [4.78, 5) is 0. The molecule has 0 aromatic carbocycles. The first-order valence-corrected chi connectivity index (χ1v) is 3.64. The Balaban J connectivity index is 2.06. The molecule has 2 aliphatic rings. The summed E-state index contributed by atoms with van der Waals surface area (Å²) >= 11 is 0. The van der Waals surface area contributed by atoms with Crippen molar-refractivity contribution in [2.75, 3.05) is 13.1 Å². The van der Waals surface area contributed by atoms with E-state index in [1.54, 1.807) is 0 Å². The summed E-state index contributed by atoms with van der Waals surface area (Å²) < 4.78 is 0. The number of fused-ring (bicyclic) bond motifs is 1. The third-order valence-electron chi connectivity index (χ3n) is 3.18. The lowest BCUT2D eigenvalue weighted by molar-refractivity contribution is -0.841. The molecule has 2 unspecified atom stereocenters. The van der Waals surface area contributed by atoms with Gasteiger partial charge in [-0.25, -0.2) is 0 Å². The van der Waals surface area contributed by atoms with Crippen LogP contribution in [-0.4, -0.2) is 13.1 Å². The Bertz CT molecular complexity index is 130. The first-order valence-electron chi connectivity index (χ1n) is 3.64. The molecule has 1 aliphatic carbocycles. The van der Waals surface area contributed by atoms with Crippen molar-refractivity contribution in [1.29, 1.82) is 0 Å². The van der Waals surface area contributed by atoms with Gasteiger partial charge in [-0.05, 0) is 5.41 Å². The van der Waals surface area contributed by atoms with Gasteiger partial charge in [-0.15, -0.1) is 0 Å². The fourth-order valence-corrected chi connectivity index (χ4v) is 2.24. The molecule has 2 atom stereocenters. The van der Waals surface area contributed by atoms with Crippen molar-refractivity contribution in [2.24, 2.45) is 17.3 Å². The summed E-state index contributed by atoms with van der Waals surface area (Å²) in [6.07, 6.45) is 0. The van der Waals surface area contributed by atoms with Crippen LogP contribution in [0.5, 0.6) is 0 Å². The fourth-order valence-electron chi connectivity index (χ4n) is 2.24. The lowest BCUT2D eigenvalue weighted by atomic mass is 10.1. The number of hydrogen-bond donors (Lipinski definition) is 1. The predicted octanol–water partition coefficient (Wildman–Crippen LogP) is -0.345. The topological polar surface area (TPSA) is 27.5 Å². The molecular formula is C7H13NO. The van der Waals surface area contributed by atoms with E-state index >= 15 is 0 Å². The molecule has 2 heteroatoms. The highest BCUT2D eigenvalue weighted by Gasteiger charge is 2.63. The molecule has 52 valence electrons. The Morgan fingerprint density at radius 1 is 1.33 bits per heavy atom. The maximum atomic E-state index is 10.8. The van der Waals surface area contributed by atoms with Crippen molar-refractivity contribution >= 4 is 0 Å². The van der Waals surface area contributed by atoms with Crippen LogP contribution in [0.1, 0.15) is 13.8 Å². The second-order valence-electron chi connectivity index (χ2n) is 3.98. The smallest absolute Gasteiger partial charge is 0.0807 e. The lowest BCUT2D eigenvalue weighted by Gasteiger charge is -2.20. The van der Waals surface area contributed by atoms with E-state index in [0.717, 1.165) is 24.9 Å². The molecule has 0 aromatic heterocycles. The van der Waals surface area contributed by atoms with Crippen molar-refractivity contribution < 1.29 is 5.06 Å². The van der Waals surface area contributed by atoms with Gasteiger partial charge in [-0.1, -0.05) is 13.8 Å².